The van der Waals surface area contributed by atoms with Gasteiger partial charge in [0.15, 0.2) is 0 Å². The van der Waals surface area contributed by atoms with Crippen LogP contribution in [0.2, 0.25) is 5.02 Å². The van der Waals surface area contributed by atoms with Gasteiger partial charge in [-0.15, -0.1) is 0 Å². The summed E-state index contributed by atoms with van der Waals surface area (Å²) in [6.45, 7) is 4.16. The number of aryl methyl sites for hydroxylation is 2. The van der Waals surface area contributed by atoms with Gasteiger partial charge in [0.2, 0.25) is 0 Å². The lowest BCUT2D eigenvalue weighted by atomic mass is 10.0. The molecule has 0 unspecified atom stereocenters. The van der Waals surface area contributed by atoms with Gasteiger partial charge in [0, 0.05) is 10.6 Å². The van der Waals surface area contributed by atoms with Crippen LogP contribution in [0.3, 0.4) is 0 Å². The molecule has 0 nitrogen and oxygen atoms in total. The van der Waals surface area contributed by atoms with Crippen LogP contribution in [-0.4, -0.2) is 0 Å². The van der Waals surface area contributed by atoms with Crippen molar-refractivity contribution in [2.45, 2.75) is 13.8 Å². The van der Waals surface area contributed by atoms with Gasteiger partial charge in [-0.25, -0.2) is 0 Å². The van der Waals surface area contributed by atoms with Crippen LogP contribution in [0.1, 0.15) is 11.1 Å². The van der Waals surface area contributed by atoms with Crippen molar-refractivity contribution in [1.29, 1.82) is 0 Å². The minimum absolute atomic E-state index is 0.810. The zero-order valence-electron chi connectivity index (χ0n) is 8.92. The summed E-state index contributed by atoms with van der Waals surface area (Å²) in [4.78, 5) is 0. The minimum Gasteiger partial charge on any atom is -0.0837 e. The summed E-state index contributed by atoms with van der Waals surface area (Å²) < 4.78 is 0. The standard InChI is InChI=1S/C14H13Cl/c1-10-3-6-12(7-4-10)13-9-11(2)5-8-14(13)15/h3-9H,1-2H3. The molecule has 0 saturated carbocycles. The van der Waals surface area contributed by atoms with Crippen LogP contribution in [0.5, 0.6) is 0 Å². The minimum atomic E-state index is 0.810. The second-order valence-electron chi connectivity index (χ2n) is 3.85. The third-order valence-corrected chi connectivity index (χ3v) is 2.81. The highest BCUT2D eigenvalue weighted by Gasteiger charge is 2.02. The van der Waals surface area contributed by atoms with Crippen LogP contribution in [0.25, 0.3) is 11.1 Å². The van der Waals surface area contributed by atoms with E-state index in [4.69, 9.17) is 11.6 Å². The van der Waals surface area contributed by atoms with Crippen LogP contribution in [-0.2, 0) is 0 Å². The average Bonchev–Trinajstić information content (AvgIpc) is 2.23. The Labute approximate surface area is 95.5 Å². The summed E-state index contributed by atoms with van der Waals surface area (Å²) in [5.74, 6) is 0. The maximum atomic E-state index is 6.17. The molecular weight excluding hydrogens is 204 g/mol. The molecule has 2 aromatic rings. The first-order valence-electron chi connectivity index (χ1n) is 5.00. The smallest absolute Gasteiger partial charge is 0.0484 e. The zero-order valence-corrected chi connectivity index (χ0v) is 9.68. The normalized spacial score (nSPS) is 10.3. The molecule has 0 radical (unpaired) electrons. The van der Waals surface area contributed by atoms with Crippen LogP contribution in [0.15, 0.2) is 42.5 Å². The molecule has 0 aliphatic carbocycles. The maximum absolute atomic E-state index is 6.17. The van der Waals surface area contributed by atoms with E-state index in [0.29, 0.717) is 0 Å². The Kier molecular flexibility index (Phi) is 2.79. The van der Waals surface area contributed by atoms with E-state index in [1.807, 2.05) is 12.1 Å². The first kappa shape index (κ1) is 10.3. The highest BCUT2D eigenvalue weighted by molar-refractivity contribution is 6.33. The van der Waals surface area contributed by atoms with Crippen LogP contribution in [0.4, 0.5) is 0 Å². The lowest BCUT2D eigenvalue weighted by Gasteiger charge is -2.06. The molecule has 0 spiro atoms. The molecule has 0 heterocycles. The van der Waals surface area contributed by atoms with E-state index in [1.54, 1.807) is 0 Å². The van der Waals surface area contributed by atoms with Crippen molar-refractivity contribution >= 4 is 11.6 Å². The average molecular weight is 217 g/mol. The van der Waals surface area contributed by atoms with Gasteiger partial charge < -0.3 is 0 Å². The summed E-state index contributed by atoms with van der Waals surface area (Å²) in [7, 11) is 0. The Balaban J connectivity index is 2.53. The fraction of sp³-hybridized carbons (Fsp3) is 0.143. The molecule has 0 N–H and O–H groups in total. The molecule has 2 aromatic carbocycles. The van der Waals surface area contributed by atoms with Crippen molar-refractivity contribution in [2.24, 2.45) is 0 Å². The number of halogens is 1. The van der Waals surface area contributed by atoms with Crippen molar-refractivity contribution in [1.82, 2.24) is 0 Å². The van der Waals surface area contributed by atoms with Gasteiger partial charge in [0.25, 0.3) is 0 Å². The quantitative estimate of drug-likeness (QED) is 0.652. The molecule has 15 heavy (non-hydrogen) atoms. The number of hydrogen-bond donors (Lipinski definition) is 0. The summed E-state index contributed by atoms with van der Waals surface area (Å²) >= 11 is 6.17. The number of hydrogen-bond acceptors (Lipinski definition) is 0. The third-order valence-electron chi connectivity index (χ3n) is 2.48. The van der Waals surface area contributed by atoms with Crippen molar-refractivity contribution in [3.05, 3.63) is 58.6 Å². The molecule has 0 fully saturated rings. The SMILES string of the molecule is Cc1ccc(-c2cc(C)ccc2Cl)cc1. The number of rotatable bonds is 1. The first-order chi connectivity index (χ1) is 7.16. The van der Waals surface area contributed by atoms with Gasteiger partial charge in [-0.1, -0.05) is 53.1 Å². The lowest BCUT2D eigenvalue weighted by molar-refractivity contribution is 1.44. The third kappa shape index (κ3) is 2.21. The predicted octanol–water partition coefficient (Wildman–Crippen LogP) is 4.62. The zero-order chi connectivity index (χ0) is 10.8. The summed E-state index contributed by atoms with van der Waals surface area (Å²) in [6.07, 6.45) is 0. The van der Waals surface area contributed by atoms with Gasteiger partial charge in [0.1, 0.15) is 0 Å². The van der Waals surface area contributed by atoms with Gasteiger partial charge in [-0.2, -0.15) is 0 Å². The fourth-order valence-electron chi connectivity index (χ4n) is 1.59. The molecule has 0 bridgehead atoms. The highest BCUT2D eigenvalue weighted by atomic mass is 35.5. The van der Waals surface area contributed by atoms with Crippen molar-refractivity contribution in [3.63, 3.8) is 0 Å². The summed E-state index contributed by atoms with van der Waals surface area (Å²) in [5, 5.41) is 0.810. The van der Waals surface area contributed by atoms with E-state index in [2.05, 4.69) is 44.2 Å². The van der Waals surface area contributed by atoms with E-state index in [0.717, 1.165) is 10.6 Å². The first-order valence-corrected chi connectivity index (χ1v) is 5.38. The second kappa shape index (κ2) is 4.08. The van der Waals surface area contributed by atoms with Gasteiger partial charge in [0.05, 0.1) is 0 Å². The second-order valence-corrected chi connectivity index (χ2v) is 4.26. The lowest BCUT2D eigenvalue weighted by Crippen LogP contribution is -1.82. The monoisotopic (exact) mass is 216 g/mol. The van der Waals surface area contributed by atoms with E-state index >= 15 is 0 Å². The van der Waals surface area contributed by atoms with Gasteiger partial charge in [-0.3, -0.25) is 0 Å². The molecule has 2 rings (SSSR count). The predicted molar refractivity (Wildman–Crippen MR) is 66.4 cm³/mol. The molecule has 0 aliphatic rings. The van der Waals surface area contributed by atoms with E-state index in [1.165, 1.54) is 16.7 Å². The van der Waals surface area contributed by atoms with Gasteiger partial charge in [-0.05, 0) is 31.5 Å². The van der Waals surface area contributed by atoms with Crippen molar-refractivity contribution < 1.29 is 0 Å². The van der Waals surface area contributed by atoms with E-state index in [9.17, 15) is 0 Å². The fourth-order valence-corrected chi connectivity index (χ4v) is 1.82. The molecule has 0 amide bonds. The van der Waals surface area contributed by atoms with Crippen molar-refractivity contribution in [3.8, 4) is 11.1 Å². The summed E-state index contributed by atoms with van der Waals surface area (Å²) in [5.41, 5.74) is 4.78. The van der Waals surface area contributed by atoms with Crippen molar-refractivity contribution in [2.75, 3.05) is 0 Å². The Morgan fingerprint density at radius 3 is 2.07 bits per heavy atom. The number of benzene rings is 2. The van der Waals surface area contributed by atoms with E-state index < -0.39 is 0 Å². The molecular formula is C14H13Cl. The molecule has 1 heteroatoms. The molecule has 76 valence electrons. The Bertz CT molecular complexity index is 469. The Morgan fingerprint density at radius 2 is 1.40 bits per heavy atom. The molecule has 0 aromatic heterocycles. The largest absolute Gasteiger partial charge is 0.0837 e. The summed E-state index contributed by atoms with van der Waals surface area (Å²) in [6, 6.07) is 14.5. The van der Waals surface area contributed by atoms with Crippen LogP contribution in [0, 0.1) is 13.8 Å². The molecule has 0 aliphatic heterocycles. The topological polar surface area (TPSA) is 0 Å². The van der Waals surface area contributed by atoms with E-state index in [-0.39, 0.29) is 0 Å². The maximum Gasteiger partial charge on any atom is 0.0484 e. The van der Waals surface area contributed by atoms with Gasteiger partial charge >= 0.3 is 0 Å². The van der Waals surface area contributed by atoms with Crippen LogP contribution < -0.4 is 0 Å². The molecule has 0 atom stereocenters. The highest BCUT2D eigenvalue weighted by Crippen LogP contribution is 2.28. The van der Waals surface area contributed by atoms with Crippen LogP contribution >= 0.6 is 11.6 Å². The Hall–Kier alpha value is -1.27. The molecule has 0 saturated heterocycles. The Morgan fingerprint density at radius 1 is 0.800 bits per heavy atom.